The van der Waals surface area contributed by atoms with Crippen molar-refractivity contribution in [1.82, 2.24) is 20.3 Å². The number of rotatable bonds is 5. The summed E-state index contributed by atoms with van der Waals surface area (Å²) < 4.78 is 4.99. The number of imide groups is 1. The first-order valence-corrected chi connectivity index (χ1v) is 9.15. The van der Waals surface area contributed by atoms with Crippen molar-refractivity contribution in [3.05, 3.63) is 17.5 Å². The SMILES string of the molecule is CCC1CCC2(CC1)NC(=O)N(CC(=O)N(C)Cc1cc(C)on1)C2=O. The normalized spacial score (nSPS) is 25.7. The number of nitrogens with zero attached hydrogens (tertiary/aromatic N) is 3. The maximum absolute atomic E-state index is 12.9. The van der Waals surface area contributed by atoms with Crippen LogP contribution in [0.25, 0.3) is 0 Å². The van der Waals surface area contributed by atoms with Gasteiger partial charge in [-0.05, 0) is 38.5 Å². The number of urea groups is 1. The van der Waals surface area contributed by atoms with Gasteiger partial charge in [0.1, 0.15) is 23.5 Å². The van der Waals surface area contributed by atoms with Gasteiger partial charge >= 0.3 is 6.03 Å². The van der Waals surface area contributed by atoms with Gasteiger partial charge in [0.25, 0.3) is 5.91 Å². The molecule has 3 rings (SSSR count). The predicted molar refractivity (Wildman–Crippen MR) is 92.9 cm³/mol. The van der Waals surface area contributed by atoms with Crippen molar-refractivity contribution in [2.75, 3.05) is 13.6 Å². The van der Waals surface area contributed by atoms with Crippen LogP contribution in [0.3, 0.4) is 0 Å². The van der Waals surface area contributed by atoms with E-state index in [0.29, 0.717) is 30.2 Å². The largest absolute Gasteiger partial charge is 0.361 e. The fourth-order valence-electron chi connectivity index (χ4n) is 3.82. The maximum Gasteiger partial charge on any atom is 0.325 e. The summed E-state index contributed by atoms with van der Waals surface area (Å²) >= 11 is 0. The van der Waals surface area contributed by atoms with Crippen LogP contribution in [0.5, 0.6) is 0 Å². The van der Waals surface area contributed by atoms with Gasteiger partial charge in [0.15, 0.2) is 0 Å². The van der Waals surface area contributed by atoms with Gasteiger partial charge in [0, 0.05) is 13.1 Å². The molecule has 8 nitrogen and oxygen atoms in total. The van der Waals surface area contributed by atoms with Crippen LogP contribution < -0.4 is 5.32 Å². The number of amides is 4. The summed E-state index contributed by atoms with van der Waals surface area (Å²) in [6, 6.07) is 1.28. The first-order valence-electron chi connectivity index (χ1n) is 9.15. The second-order valence-corrected chi connectivity index (χ2v) is 7.43. The van der Waals surface area contributed by atoms with Crippen molar-refractivity contribution < 1.29 is 18.9 Å². The van der Waals surface area contributed by atoms with Gasteiger partial charge in [-0.2, -0.15) is 0 Å². The Bertz CT molecular complexity index is 706. The molecule has 1 aliphatic heterocycles. The molecule has 1 aliphatic carbocycles. The van der Waals surface area contributed by atoms with Crippen molar-refractivity contribution in [2.24, 2.45) is 5.92 Å². The Hall–Kier alpha value is -2.38. The minimum Gasteiger partial charge on any atom is -0.361 e. The molecule has 0 unspecified atom stereocenters. The first-order chi connectivity index (χ1) is 12.3. The van der Waals surface area contributed by atoms with Crippen molar-refractivity contribution >= 4 is 17.8 Å². The molecule has 0 bridgehead atoms. The predicted octanol–water partition coefficient (Wildman–Crippen LogP) is 1.83. The van der Waals surface area contributed by atoms with E-state index in [1.807, 2.05) is 0 Å². The second-order valence-electron chi connectivity index (χ2n) is 7.43. The van der Waals surface area contributed by atoms with Gasteiger partial charge < -0.3 is 14.7 Å². The lowest BCUT2D eigenvalue weighted by atomic mass is 9.75. The molecule has 2 aliphatic rings. The van der Waals surface area contributed by atoms with E-state index in [4.69, 9.17) is 4.52 Å². The smallest absolute Gasteiger partial charge is 0.325 e. The molecular weight excluding hydrogens is 336 g/mol. The zero-order valence-electron chi connectivity index (χ0n) is 15.6. The molecular formula is C18H26N4O4. The highest BCUT2D eigenvalue weighted by molar-refractivity contribution is 6.09. The van der Waals surface area contributed by atoms with Crippen molar-refractivity contribution in [2.45, 2.75) is 58.0 Å². The number of aryl methyl sites for hydroxylation is 1. The van der Waals surface area contributed by atoms with Gasteiger partial charge in [0.2, 0.25) is 5.91 Å². The third-order valence-corrected chi connectivity index (χ3v) is 5.58. The highest BCUT2D eigenvalue weighted by atomic mass is 16.5. The van der Waals surface area contributed by atoms with Gasteiger partial charge in [-0.15, -0.1) is 0 Å². The number of carbonyl (C=O) groups excluding carboxylic acids is 3. The number of nitrogens with one attached hydrogen (secondary N) is 1. The Balaban J connectivity index is 1.61. The van der Waals surface area contributed by atoms with Crippen LogP contribution in [0.4, 0.5) is 4.79 Å². The van der Waals surface area contributed by atoms with E-state index in [0.717, 1.165) is 24.2 Å². The summed E-state index contributed by atoms with van der Waals surface area (Å²) in [7, 11) is 1.62. The molecule has 8 heteroatoms. The molecule has 1 N–H and O–H groups in total. The molecule has 26 heavy (non-hydrogen) atoms. The number of hydrogen-bond donors (Lipinski definition) is 1. The molecule has 0 radical (unpaired) electrons. The zero-order valence-corrected chi connectivity index (χ0v) is 15.6. The molecule has 2 heterocycles. The van der Waals surface area contributed by atoms with Crippen LogP contribution >= 0.6 is 0 Å². The van der Waals surface area contributed by atoms with E-state index < -0.39 is 11.6 Å². The summed E-state index contributed by atoms with van der Waals surface area (Å²) in [5.74, 6) is 0.696. The molecule has 1 aromatic rings. The lowest BCUT2D eigenvalue weighted by Crippen LogP contribution is -2.50. The lowest BCUT2D eigenvalue weighted by Gasteiger charge is -2.34. The Morgan fingerprint density at radius 2 is 2.12 bits per heavy atom. The molecule has 1 saturated carbocycles. The molecule has 1 saturated heterocycles. The number of aromatic nitrogens is 1. The molecule has 142 valence electrons. The van der Waals surface area contributed by atoms with Crippen LogP contribution in [0.1, 0.15) is 50.5 Å². The van der Waals surface area contributed by atoms with E-state index >= 15 is 0 Å². The number of carbonyl (C=O) groups is 3. The second kappa shape index (κ2) is 7.09. The molecule has 0 aromatic carbocycles. The van der Waals surface area contributed by atoms with Crippen LogP contribution in [0.15, 0.2) is 10.6 Å². The van der Waals surface area contributed by atoms with Gasteiger partial charge in [-0.25, -0.2) is 4.79 Å². The number of hydrogen-bond acceptors (Lipinski definition) is 5. The molecule has 4 amide bonds. The van der Waals surface area contributed by atoms with Crippen molar-refractivity contribution in [3.63, 3.8) is 0 Å². The Labute approximate surface area is 152 Å². The van der Waals surface area contributed by atoms with Gasteiger partial charge in [0.05, 0.1) is 6.54 Å². The summed E-state index contributed by atoms with van der Waals surface area (Å²) in [6.07, 6.45) is 4.24. The average Bonchev–Trinajstić information content (AvgIpc) is 3.12. The Kier molecular flexibility index (Phi) is 5.02. The molecule has 2 fully saturated rings. The number of likely N-dealkylation sites (N-methyl/N-ethyl adjacent to an activating group) is 1. The van der Waals surface area contributed by atoms with E-state index in [-0.39, 0.29) is 24.9 Å². The first kappa shape index (κ1) is 18.4. The topological polar surface area (TPSA) is 95.8 Å². The quantitative estimate of drug-likeness (QED) is 0.806. The zero-order chi connectivity index (χ0) is 18.9. The highest BCUT2D eigenvalue weighted by Gasteiger charge is 2.52. The minimum atomic E-state index is -0.815. The maximum atomic E-state index is 12.9. The Morgan fingerprint density at radius 1 is 1.42 bits per heavy atom. The monoisotopic (exact) mass is 362 g/mol. The van der Waals surface area contributed by atoms with E-state index in [2.05, 4.69) is 17.4 Å². The fraction of sp³-hybridized carbons (Fsp3) is 0.667. The summed E-state index contributed by atoms with van der Waals surface area (Å²) in [5, 5.41) is 6.71. The van der Waals surface area contributed by atoms with E-state index in [9.17, 15) is 14.4 Å². The fourth-order valence-corrected chi connectivity index (χ4v) is 3.82. The van der Waals surface area contributed by atoms with Gasteiger partial charge in [-0.1, -0.05) is 18.5 Å². The Morgan fingerprint density at radius 3 is 2.69 bits per heavy atom. The molecule has 1 aromatic heterocycles. The summed E-state index contributed by atoms with van der Waals surface area (Å²) in [5.41, 5.74) is -0.185. The van der Waals surface area contributed by atoms with Gasteiger partial charge in [-0.3, -0.25) is 14.5 Å². The van der Waals surface area contributed by atoms with Crippen molar-refractivity contribution in [1.29, 1.82) is 0 Å². The standard InChI is InChI=1S/C18H26N4O4/c1-4-13-5-7-18(8-6-13)16(24)22(17(25)19-18)11-15(23)21(3)10-14-9-12(2)26-20-14/h9,13H,4-8,10-11H2,1-3H3,(H,19,25). The van der Waals surface area contributed by atoms with E-state index in [1.165, 1.54) is 4.90 Å². The lowest BCUT2D eigenvalue weighted by molar-refractivity contribution is -0.139. The van der Waals surface area contributed by atoms with Crippen LogP contribution in [0.2, 0.25) is 0 Å². The minimum absolute atomic E-state index is 0.253. The molecule has 1 spiro atoms. The van der Waals surface area contributed by atoms with E-state index in [1.54, 1.807) is 20.0 Å². The molecule has 0 atom stereocenters. The highest BCUT2D eigenvalue weighted by Crippen LogP contribution is 2.37. The van der Waals surface area contributed by atoms with Crippen LogP contribution in [-0.4, -0.2) is 51.9 Å². The average molecular weight is 362 g/mol. The summed E-state index contributed by atoms with van der Waals surface area (Å²) in [4.78, 5) is 40.1. The summed E-state index contributed by atoms with van der Waals surface area (Å²) in [6.45, 7) is 3.94. The van der Waals surface area contributed by atoms with Crippen molar-refractivity contribution in [3.8, 4) is 0 Å². The third-order valence-electron chi connectivity index (χ3n) is 5.58. The van der Waals surface area contributed by atoms with Crippen LogP contribution in [0, 0.1) is 12.8 Å². The van der Waals surface area contributed by atoms with Crippen LogP contribution in [-0.2, 0) is 16.1 Å². The third kappa shape index (κ3) is 3.45.